The number of furan rings is 1. The molecule has 106 valence electrons. The van der Waals surface area contributed by atoms with Crippen LogP contribution in [0.3, 0.4) is 0 Å². The number of hydrogen-bond acceptors (Lipinski definition) is 1. The minimum atomic E-state index is -0.147. The Morgan fingerprint density at radius 1 is 1.11 bits per heavy atom. The maximum absolute atomic E-state index is 5.34. The van der Waals surface area contributed by atoms with Gasteiger partial charge in [0.25, 0.3) is 0 Å². The zero-order valence-electron chi connectivity index (χ0n) is 12.3. The van der Waals surface area contributed by atoms with Gasteiger partial charge in [0.2, 0.25) is 0 Å². The van der Waals surface area contributed by atoms with E-state index in [4.69, 9.17) is 4.42 Å². The van der Waals surface area contributed by atoms with E-state index in [-0.39, 0.29) is 28.3 Å². The molecule has 1 aromatic heterocycles. The first-order valence-electron chi connectivity index (χ1n) is 6.20. The molecule has 18 heavy (non-hydrogen) atoms. The van der Waals surface area contributed by atoms with Gasteiger partial charge in [-0.15, -0.1) is 0 Å². The molecule has 1 heterocycles. The second kappa shape index (κ2) is 7.04. The van der Waals surface area contributed by atoms with Gasteiger partial charge in [-0.25, -0.2) is 0 Å². The summed E-state index contributed by atoms with van der Waals surface area (Å²) in [5.74, 6) is 3.46. The molecule has 1 aromatic rings. The van der Waals surface area contributed by atoms with Crippen LogP contribution in [-0.4, -0.2) is 10.3 Å². The molecule has 0 atom stereocenters. The third kappa shape index (κ3) is 5.84. The van der Waals surface area contributed by atoms with Gasteiger partial charge in [-0.05, 0) is 22.4 Å². The maximum Gasteiger partial charge on any atom is 0.107 e. The van der Waals surface area contributed by atoms with Crippen molar-refractivity contribution in [1.29, 1.82) is 0 Å². The van der Waals surface area contributed by atoms with Crippen molar-refractivity contribution >= 4 is 7.92 Å². The second-order valence-corrected chi connectivity index (χ2v) is 10.1. The summed E-state index contributed by atoms with van der Waals surface area (Å²) in [6, 6.07) is 3.97. The van der Waals surface area contributed by atoms with Gasteiger partial charge in [0.1, 0.15) is 5.76 Å². The zero-order chi connectivity index (χ0) is 13.1. The van der Waals surface area contributed by atoms with E-state index in [0.717, 1.165) is 12.2 Å². The summed E-state index contributed by atoms with van der Waals surface area (Å²) in [6.07, 6.45) is 4.90. The van der Waals surface area contributed by atoms with E-state index >= 15 is 0 Å². The van der Waals surface area contributed by atoms with E-state index in [1.807, 2.05) is 12.1 Å². The number of rotatable bonds is 3. The molecule has 0 bridgehead atoms. The van der Waals surface area contributed by atoms with E-state index in [2.05, 4.69) is 53.4 Å². The summed E-state index contributed by atoms with van der Waals surface area (Å²) in [4.78, 5) is 0. The first-order valence-corrected chi connectivity index (χ1v) is 7.61. The Bertz CT molecular complexity index is 341. The largest absolute Gasteiger partial charge is 0.469 e. The molecule has 0 aliphatic heterocycles. The Morgan fingerprint density at radius 3 is 2.06 bits per heavy atom. The van der Waals surface area contributed by atoms with Crippen LogP contribution in [0.2, 0.25) is 0 Å². The van der Waals surface area contributed by atoms with Crippen molar-refractivity contribution in [1.82, 2.24) is 0 Å². The Kier molecular flexibility index (Phi) is 7.09. The SMILES string of the molecule is CC(C)(C)P(C=CCc1ccco1)C(C)(C)C.[Pd]. The summed E-state index contributed by atoms with van der Waals surface area (Å²) in [7, 11) is -0.147. The average Bonchev–Trinajstić information content (AvgIpc) is 2.60. The first kappa shape index (κ1) is 18.1. The number of hydrogen-bond donors (Lipinski definition) is 0. The van der Waals surface area contributed by atoms with E-state index in [9.17, 15) is 0 Å². The summed E-state index contributed by atoms with van der Waals surface area (Å²) in [6.45, 7) is 14.0. The Morgan fingerprint density at radius 2 is 1.67 bits per heavy atom. The van der Waals surface area contributed by atoms with Gasteiger partial charge < -0.3 is 4.42 Å². The van der Waals surface area contributed by atoms with Crippen LogP contribution in [0.25, 0.3) is 0 Å². The van der Waals surface area contributed by atoms with E-state index in [0.29, 0.717) is 10.3 Å². The van der Waals surface area contributed by atoms with E-state index in [1.165, 1.54) is 0 Å². The fourth-order valence-electron chi connectivity index (χ4n) is 2.16. The van der Waals surface area contributed by atoms with Crippen LogP contribution >= 0.6 is 7.92 Å². The fourth-order valence-corrected chi connectivity index (χ4v) is 5.38. The van der Waals surface area contributed by atoms with Gasteiger partial charge in [0.15, 0.2) is 0 Å². The van der Waals surface area contributed by atoms with Gasteiger partial charge in [0, 0.05) is 26.8 Å². The van der Waals surface area contributed by atoms with Crippen LogP contribution < -0.4 is 0 Å². The van der Waals surface area contributed by atoms with Crippen molar-refractivity contribution in [2.75, 3.05) is 0 Å². The van der Waals surface area contributed by atoms with Gasteiger partial charge in [-0.1, -0.05) is 61.4 Å². The van der Waals surface area contributed by atoms with Crippen LogP contribution in [0.5, 0.6) is 0 Å². The van der Waals surface area contributed by atoms with Crippen molar-refractivity contribution in [2.45, 2.75) is 58.3 Å². The topological polar surface area (TPSA) is 13.1 Å². The fraction of sp³-hybridized carbons (Fsp3) is 0.600. The van der Waals surface area contributed by atoms with Crippen molar-refractivity contribution in [3.63, 3.8) is 0 Å². The third-order valence-corrected chi connectivity index (χ3v) is 6.00. The molecule has 0 N–H and O–H groups in total. The second-order valence-electron chi connectivity index (χ2n) is 6.38. The smallest absolute Gasteiger partial charge is 0.107 e. The van der Waals surface area contributed by atoms with E-state index in [1.54, 1.807) is 6.26 Å². The zero-order valence-corrected chi connectivity index (χ0v) is 14.7. The van der Waals surface area contributed by atoms with Crippen LogP contribution in [0.15, 0.2) is 34.7 Å². The molecule has 1 rings (SSSR count). The van der Waals surface area contributed by atoms with Gasteiger partial charge >= 0.3 is 0 Å². The average molecular weight is 359 g/mol. The maximum atomic E-state index is 5.34. The first-order chi connectivity index (χ1) is 7.71. The van der Waals surface area contributed by atoms with Crippen molar-refractivity contribution in [3.8, 4) is 0 Å². The Balaban J connectivity index is 0.00000289. The van der Waals surface area contributed by atoms with Gasteiger partial charge in [0.05, 0.1) is 6.26 Å². The van der Waals surface area contributed by atoms with Crippen LogP contribution in [-0.2, 0) is 26.8 Å². The molecule has 0 amide bonds. The summed E-state index contributed by atoms with van der Waals surface area (Å²) in [5.41, 5.74) is 0. The predicted octanol–water partition coefficient (Wildman–Crippen LogP) is 5.41. The van der Waals surface area contributed by atoms with Crippen molar-refractivity contribution < 1.29 is 24.8 Å². The summed E-state index contributed by atoms with van der Waals surface area (Å²) >= 11 is 0. The molecule has 0 saturated carbocycles. The Hall–Kier alpha value is 0.112. The molecule has 0 radical (unpaired) electrons. The summed E-state index contributed by atoms with van der Waals surface area (Å²) in [5, 5.41) is 0.709. The minimum absolute atomic E-state index is 0. The third-order valence-electron chi connectivity index (χ3n) is 2.60. The molecule has 0 unspecified atom stereocenters. The quantitative estimate of drug-likeness (QED) is 0.520. The molecule has 0 spiro atoms. The van der Waals surface area contributed by atoms with Crippen LogP contribution in [0.4, 0.5) is 0 Å². The van der Waals surface area contributed by atoms with Crippen molar-refractivity contribution in [3.05, 3.63) is 36.0 Å². The normalized spacial score (nSPS) is 13.1. The molecule has 1 nitrogen and oxygen atoms in total. The molecular weight excluding hydrogens is 334 g/mol. The molecule has 0 aliphatic rings. The van der Waals surface area contributed by atoms with Crippen molar-refractivity contribution in [2.24, 2.45) is 0 Å². The molecule has 0 fully saturated rings. The molecule has 3 heteroatoms. The van der Waals surface area contributed by atoms with Crippen LogP contribution in [0, 0.1) is 0 Å². The standard InChI is InChI=1S/C15H25OP.Pd/c1-14(2,3)17(15(4,5)6)12-8-10-13-9-7-11-16-13;/h7-9,11-12H,10H2,1-6H3;. The molecule has 0 aromatic carbocycles. The molecule has 0 saturated heterocycles. The monoisotopic (exact) mass is 358 g/mol. The minimum Gasteiger partial charge on any atom is -0.469 e. The predicted molar refractivity (Wildman–Crippen MR) is 78.0 cm³/mol. The number of allylic oxidation sites excluding steroid dienone is 1. The Labute approximate surface area is 127 Å². The molecular formula is C15H25OPPd. The molecule has 0 aliphatic carbocycles. The van der Waals surface area contributed by atoms with Gasteiger partial charge in [-0.3, -0.25) is 0 Å². The van der Waals surface area contributed by atoms with Crippen LogP contribution in [0.1, 0.15) is 47.3 Å². The van der Waals surface area contributed by atoms with E-state index < -0.39 is 0 Å². The summed E-state index contributed by atoms with van der Waals surface area (Å²) < 4.78 is 5.34. The van der Waals surface area contributed by atoms with Gasteiger partial charge in [-0.2, -0.15) is 0 Å².